The summed E-state index contributed by atoms with van der Waals surface area (Å²) >= 11 is 0. The van der Waals surface area contributed by atoms with Gasteiger partial charge < -0.3 is 5.32 Å². The van der Waals surface area contributed by atoms with Gasteiger partial charge in [0.25, 0.3) is 5.91 Å². The van der Waals surface area contributed by atoms with Crippen molar-refractivity contribution in [2.75, 3.05) is 0 Å². The molecule has 2 bridgehead atoms. The molecule has 5 heteroatoms. The molecule has 2 heterocycles. The van der Waals surface area contributed by atoms with Crippen molar-refractivity contribution in [1.82, 2.24) is 19.9 Å². The lowest BCUT2D eigenvalue weighted by atomic mass is 9.84. The summed E-state index contributed by atoms with van der Waals surface area (Å²) in [6, 6.07) is 2.19. The molecule has 1 N–H and O–H groups in total. The van der Waals surface area contributed by atoms with Gasteiger partial charge in [-0.15, -0.1) is 0 Å². The predicted molar refractivity (Wildman–Crippen MR) is 88.3 cm³/mol. The van der Waals surface area contributed by atoms with E-state index in [1.807, 2.05) is 19.9 Å². The average Bonchev–Trinajstić information content (AvgIpc) is 3.21. The predicted octanol–water partition coefficient (Wildman–Crippen LogP) is 2.90. The molecule has 0 unspecified atom stereocenters. The summed E-state index contributed by atoms with van der Waals surface area (Å²) in [5.41, 5.74) is 3.13. The number of hydrogen-bond acceptors (Lipinski definition) is 3. The molecule has 0 saturated heterocycles. The van der Waals surface area contributed by atoms with Crippen LogP contribution in [0.5, 0.6) is 0 Å². The van der Waals surface area contributed by atoms with Crippen molar-refractivity contribution < 1.29 is 4.79 Å². The van der Waals surface area contributed by atoms with E-state index in [9.17, 15) is 4.79 Å². The van der Waals surface area contributed by atoms with Crippen molar-refractivity contribution in [2.45, 2.75) is 52.5 Å². The number of fused-ring (bicyclic) bond motifs is 3. The zero-order valence-electron chi connectivity index (χ0n) is 14.0. The zero-order chi connectivity index (χ0) is 16.1. The van der Waals surface area contributed by atoms with E-state index in [4.69, 9.17) is 0 Å². The Balaban J connectivity index is 1.55. The molecule has 1 amide bonds. The number of hydrogen-bond donors (Lipinski definition) is 1. The molecule has 0 radical (unpaired) electrons. The fraction of sp³-hybridized carbons (Fsp3) is 0.611. The smallest absolute Gasteiger partial charge is 0.256 e. The zero-order valence-corrected chi connectivity index (χ0v) is 14.0. The van der Waals surface area contributed by atoms with Gasteiger partial charge in [-0.25, -0.2) is 9.50 Å². The third-order valence-corrected chi connectivity index (χ3v) is 5.82. The third kappa shape index (κ3) is 2.42. The van der Waals surface area contributed by atoms with Crippen LogP contribution >= 0.6 is 0 Å². The van der Waals surface area contributed by atoms with E-state index in [1.54, 1.807) is 10.7 Å². The van der Waals surface area contributed by atoms with E-state index < -0.39 is 0 Å². The average molecular weight is 312 g/mol. The maximum Gasteiger partial charge on any atom is 0.256 e. The molecular weight excluding hydrogens is 288 g/mol. The van der Waals surface area contributed by atoms with Gasteiger partial charge in [-0.3, -0.25) is 4.79 Å². The van der Waals surface area contributed by atoms with Crippen molar-refractivity contribution in [2.24, 2.45) is 17.8 Å². The van der Waals surface area contributed by atoms with Crippen LogP contribution in [0.4, 0.5) is 0 Å². The van der Waals surface area contributed by atoms with Gasteiger partial charge in [0.2, 0.25) is 0 Å². The first-order valence-corrected chi connectivity index (χ1v) is 8.65. The molecule has 4 rings (SSSR count). The monoisotopic (exact) mass is 312 g/mol. The molecule has 0 aromatic carbocycles. The van der Waals surface area contributed by atoms with E-state index >= 15 is 0 Å². The van der Waals surface area contributed by atoms with Gasteiger partial charge in [0, 0.05) is 17.4 Å². The van der Waals surface area contributed by atoms with Gasteiger partial charge in [0.1, 0.15) is 5.56 Å². The van der Waals surface area contributed by atoms with Crippen LogP contribution in [0.3, 0.4) is 0 Å². The van der Waals surface area contributed by atoms with Crippen LogP contribution < -0.4 is 5.32 Å². The van der Waals surface area contributed by atoms with Crippen LogP contribution in [-0.4, -0.2) is 26.5 Å². The first-order chi connectivity index (χ1) is 11.0. The quantitative estimate of drug-likeness (QED) is 0.948. The number of amides is 1. The first-order valence-electron chi connectivity index (χ1n) is 8.65. The van der Waals surface area contributed by atoms with Crippen LogP contribution in [0, 0.1) is 31.6 Å². The molecule has 2 aliphatic carbocycles. The molecule has 2 aliphatic rings. The van der Waals surface area contributed by atoms with E-state index in [0.717, 1.165) is 23.2 Å². The second-order valence-electron chi connectivity index (χ2n) is 7.43. The highest BCUT2D eigenvalue weighted by molar-refractivity contribution is 5.99. The number of rotatable bonds is 3. The minimum atomic E-state index is -0.0484. The minimum absolute atomic E-state index is 0.0484. The second-order valence-corrected chi connectivity index (χ2v) is 7.43. The van der Waals surface area contributed by atoms with Crippen LogP contribution in [0.25, 0.3) is 5.65 Å². The van der Waals surface area contributed by atoms with Crippen molar-refractivity contribution in [1.29, 1.82) is 0 Å². The van der Waals surface area contributed by atoms with Gasteiger partial charge in [-0.1, -0.05) is 6.42 Å². The topological polar surface area (TPSA) is 59.3 Å². The van der Waals surface area contributed by atoms with Crippen molar-refractivity contribution in [3.63, 3.8) is 0 Å². The number of carbonyl (C=O) groups is 1. The van der Waals surface area contributed by atoms with Gasteiger partial charge in [0.15, 0.2) is 5.65 Å². The second kappa shape index (κ2) is 5.32. The van der Waals surface area contributed by atoms with E-state index in [1.165, 1.54) is 25.7 Å². The standard InChI is InChI=1S/C18H24N4O/c1-10-6-11(2)22-17(20-10)16(9-19-22)18(23)21-12(3)15-8-13-4-5-14(15)7-13/h6,9,12-15H,4-5,7-8H2,1-3H3,(H,21,23)/t12-,13+,14+,15+/m1/s1. The summed E-state index contributed by atoms with van der Waals surface area (Å²) in [6.45, 7) is 6.08. The Hall–Kier alpha value is -1.91. The Kier molecular flexibility index (Phi) is 3.39. The highest BCUT2D eigenvalue weighted by Crippen LogP contribution is 2.49. The fourth-order valence-corrected chi connectivity index (χ4v) is 4.73. The molecular formula is C18H24N4O. The molecule has 5 nitrogen and oxygen atoms in total. The summed E-state index contributed by atoms with van der Waals surface area (Å²) in [5, 5.41) is 7.52. The SMILES string of the molecule is Cc1cc(C)n2ncc(C(=O)N[C@H](C)[C@@H]3C[C@H]4CC[C@H]3C4)c2n1. The van der Waals surface area contributed by atoms with Gasteiger partial charge in [-0.2, -0.15) is 5.10 Å². The van der Waals surface area contributed by atoms with Gasteiger partial charge in [0.05, 0.1) is 6.20 Å². The molecule has 2 aromatic heterocycles. The Morgan fingerprint density at radius 1 is 1.35 bits per heavy atom. The highest BCUT2D eigenvalue weighted by atomic mass is 16.1. The summed E-state index contributed by atoms with van der Waals surface area (Å²) < 4.78 is 1.74. The number of nitrogens with one attached hydrogen (secondary N) is 1. The lowest BCUT2D eigenvalue weighted by Crippen LogP contribution is -2.40. The molecule has 122 valence electrons. The molecule has 0 spiro atoms. The van der Waals surface area contributed by atoms with E-state index in [0.29, 0.717) is 17.1 Å². The van der Waals surface area contributed by atoms with Crippen LogP contribution in [0.1, 0.15) is 54.4 Å². The summed E-state index contributed by atoms with van der Waals surface area (Å²) in [5.74, 6) is 2.29. The molecule has 2 saturated carbocycles. The normalized spacial score (nSPS) is 27.5. The molecule has 4 atom stereocenters. The lowest BCUT2D eigenvalue weighted by molar-refractivity contribution is 0.0917. The van der Waals surface area contributed by atoms with Crippen molar-refractivity contribution in [3.05, 3.63) is 29.2 Å². The number of nitrogens with zero attached hydrogens (tertiary/aromatic N) is 3. The summed E-state index contributed by atoms with van der Waals surface area (Å²) in [4.78, 5) is 17.2. The Morgan fingerprint density at radius 3 is 2.87 bits per heavy atom. The number of aryl methyl sites for hydroxylation is 2. The molecule has 2 fully saturated rings. The number of aromatic nitrogens is 3. The lowest BCUT2D eigenvalue weighted by Gasteiger charge is -2.28. The minimum Gasteiger partial charge on any atom is -0.349 e. The molecule has 0 aliphatic heterocycles. The third-order valence-electron chi connectivity index (χ3n) is 5.82. The molecule has 23 heavy (non-hydrogen) atoms. The van der Waals surface area contributed by atoms with Crippen LogP contribution in [-0.2, 0) is 0 Å². The highest BCUT2D eigenvalue weighted by Gasteiger charge is 2.42. The van der Waals surface area contributed by atoms with E-state index in [-0.39, 0.29) is 11.9 Å². The van der Waals surface area contributed by atoms with Crippen LogP contribution in [0.2, 0.25) is 0 Å². The first kappa shape index (κ1) is 14.7. The summed E-state index contributed by atoms with van der Waals surface area (Å²) in [7, 11) is 0. The summed E-state index contributed by atoms with van der Waals surface area (Å²) in [6.07, 6.45) is 7.00. The number of carbonyl (C=O) groups excluding carboxylic acids is 1. The Labute approximate surface area is 136 Å². The largest absolute Gasteiger partial charge is 0.349 e. The van der Waals surface area contributed by atoms with Crippen LogP contribution in [0.15, 0.2) is 12.3 Å². The maximum absolute atomic E-state index is 12.7. The van der Waals surface area contributed by atoms with Crippen molar-refractivity contribution >= 4 is 11.6 Å². The fourth-order valence-electron chi connectivity index (χ4n) is 4.73. The van der Waals surface area contributed by atoms with Crippen molar-refractivity contribution in [3.8, 4) is 0 Å². The maximum atomic E-state index is 12.7. The molecule has 2 aromatic rings. The van der Waals surface area contributed by atoms with E-state index in [2.05, 4.69) is 22.3 Å². The van der Waals surface area contributed by atoms with Gasteiger partial charge >= 0.3 is 0 Å². The Bertz CT molecular complexity index is 766. The Morgan fingerprint density at radius 2 is 2.17 bits per heavy atom. The van der Waals surface area contributed by atoms with Gasteiger partial charge in [-0.05, 0) is 63.9 Å².